The molecule has 0 saturated heterocycles. The Morgan fingerprint density at radius 3 is 2.57 bits per heavy atom. The molecule has 1 atom stereocenters. The summed E-state index contributed by atoms with van der Waals surface area (Å²) in [6.07, 6.45) is 0.217. The first kappa shape index (κ1) is 15.3. The molecule has 0 spiro atoms. The second-order valence-electron chi connectivity index (χ2n) is 5.50. The van der Waals surface area contributed by atoms with Gasteiger partial charge < -0.3 is 14.8 Å². The van der Waals surface area contributed by atoms with Crippen molar-refractivity contribution in [1.29, 1.82) is 0 Å². The summed E-state index contributed by atoms with van der Waals surface area (Å²) in [4.78, 5) is 12.1. The highest BCUT2D eigenvalue weighted by Crippen LogP contribution is 2.32. The third-order valence-electron chi connectivity index (χ3n) is 3.72. The monoisotopic (exact) mass is 315 g/mol. The van der Waals surface area contributed by atoms with Crippen molar-refractivity contribution in [3.63, 3.8) is 0 Å². The van der Waals surface area contributed by atoms with Crippen LogP contribution in [0.15, 0.2) is 42.5 Å². The van der Waals surface area contributed by atoms with Crippen molar-refractivity contribution >= 4 is 5.91 Å². The molecule has 0 fully saturated rings. The third-order valence-corrected chi connectivity index (χ3v) is 3.72. The van der Waals surface area contributed by atoms with Gasteiger partial charge in [-0.1, -0.05) is 18.2 Å². The molecular formula is C18H18FNO3. The third kappa shape index (κ3) is 3.80. The van der Waals surface area contributed by atoms with Crippen LogP contribution in [-0.2, 0) is 11.2 Å². The molecule has 1 amide bonds. The Morgan fingerprint density at radius 2 is 1.83 bits per heavy atom. The van der Waals surface area contributed by atoms with E-state index in [-0.39, 0.29) is 24.2 Å². The predicted octanol–water partition coefficient (Wildman–Crippen LogP) is 3.02. The van der Waals surface area contributed by atoms with Gasteiger partial charge in [-0.15, -0.1) is 0 Å². The van der Waals surface area contributed by atoms with E-state index in [1.165, 1.54) is 12.1 Å². The molecule has 2 aromatic carbocycles. The number of amides is 1. The second kappa shape index (κ2) is 6.69. The van der Waals surface area contributed by atoms with Gasteiger partial charge in [0.05, 0.1) is 12.5 Å². The molecule has 1 N–H and O–H groups in total. The van der Waals surface area contributed by atoms with Crippen molar-refractivity contribution < 1.29 is 18.7 Å². The zero-order valence-corrected chi connectivity index (χ0v) is 12.8. The average Bonchev–Trinajstić information content (AvgIpc) is 2.56. The number of nitrogens with one attached hydrogen (secondary N) is 1. The standard InChI is InChI=1S/C18H18FNO3/c1-12(14-4-7-16-17(11-14)23-9-8-22-16)20-18(21)10-13-2-5-15(19)6-3-13/h2-7,11-12H,8-10H2,1H3,(H,20,21)/t12-/m0/s1. The first-order valence-corrected chi connectivity index (χ1v) is 7.55. The van der Waals surface area contributed by atoms with Gasteiger partial charge in [-0.3, -0.25) is 4.79 Å². The van der Waals surface area contributed by atoms with E-state index in [2.05, 4.69) is 5.32 Å². The van der Waals surface area contributed by atoms with E-state index in [9.17, 15) is 9.18 Å². The number of ether oxygens (including phenoxy) is 2. The zero-order chi connectivity index (χ0) is 16.2. The van der Waals surface area contributed by atoms with Gasteiger partial charge in [0.1, 0.15) is 19.0 Å². The largest absolute Gasteiger partial charge is 0.486 e. The lowest BCUT2D eigenvalue weighted by Gasteiger charge is -2.21. The van der Waals surface area contributed by atoms with Gasteiger partial charge in [-0.2, -0.15) is 0 Å². The van der Waals surface area contributed by atoms with Crippen LogP contribution in [0.25, 0.3) is 0 Å². The summed E-state index contributed by atoms with van der Waals surface area (Å²) in [5.74, 6) is 1.01. The maximum absolute atomic E-state index is 12.9. The van der Waals surface area contributed by atoms with Gasteiger partial charge in [0.2, 0.25) is 5.91 Å². The van der Waals surface area contributed by atoms with Crippen LogP contribution < -0.4 is 14.8 Å². The van der Waals surface area contributed by atoms with Gasteiger partial charge in [0.25, 0.3) is 0 Å². The lowest BCUT2D eigenvalue weighted by Crippen LogP contribution is -2.28. The number of fused-ring (bicyclic) bond motifs is 1. The summed E-state index contributed by atoms with van der Waals surface area (Å²) in [6, 6.07) is 11.4. The van der Waals surface area contributed by atoms with Crippen LogP contribution in [0.5, 0.6) is 11.5 Å². The highest BCUT2D eigenvalue weighted by Gasteiger charge is 2.16. The number of halogens is 1. The van der Waals surface area contributed by atoms with Crippen molar-refractivity contribution in [1.82, 2.24) is 5.32 Å². The predicted molar refractivity (Wildman–Crippen MR) is 84.1 cm³/mol. The first-order valence-electron chi connectivity index (χ1n) is 7.55. The van der Waals surface area contributed by atoms with Crippen molar-refractivity contribution in [2.24, 2.45) is 0 Å². The zero-order valence-electron chi connectivity index (χ0n) is 12.8. The number of hydrogen-bond donors (Lipinski definition) is 1. The van der Waals surface area contributed by atoms with Crippen LogP contribution in [0, 0.1) is 5.82 Å². The van der Waals surface area contributed by atoms with E-state index >= 15 is 0 Å². The summed E-state index contributed by atoms with van der Waals surface area (Å²) in [5, 5.41) is 2.94. The van der Waals surface area contributed by atoms with Crippen LogP contribution >= 0.6 is 0 Å². The Morgan fingerprint density at radius 1 is 1.13 bits per heavy atom. The molecule has 120 valence electrons. The normalized spacial score (nSPS) is 14.2. The Kier molecular flexibility index (Phi) is 4.46. The topological polar surface area (TPSA) is 47.6 Å². The Bertz CT molecular complexity index is 700. The number of hydrogen-bond acceptors (Lipinski definition) is 3. The van der Waals surface area contributed by atoms with Crippen LogP contribution in [0.3, 0.4) is 0 Å². The summed E-state index contributed by atoms with van der Waals surface area (Å²) < 4.78 is 23.9. The maximum Gasteiger partial charge on any atom is 0.224 e. The van der Waals surface area contributed by atoms with Gasteiger partial charge in [-0.05, 0) is 42.3 Å². The Labute approximate surface area is 134 Å². The molecule has 0 aromatic heterocycles. The van der Waals surface area contributed by atoms with Crippen LogP contribution in [0.1, 0.15) is 24.1 Å². The van der Waals surface area contributed by atoms with E-state index < -0.39 is 0 Å². The van der Waals surface area contributed by atoms with E-state index in [4.69, 9.17) is 9.47 Å². The quantitative estimate of drug-likeness (QED) is 0.943. The summed E-state index contributed by atoms with van der Waals surface area (Å²) in [5.41, 5.74) is 1.72. The second-order valence-corrected chi connectivity index (χ2v) is 5.50. The van der Waals surface area contributed by atoms with Gasteiger partial charge in [0, 0.05) is 0 Å². The molecular weight excluding hydrogens is 297 g/mol. The molecule has 23 heavy (non-hydrogen) atoms. The molecule has 0 radical (unpaired) electrons. The number of carbonyl (C=O) groups excluding carboxylic acids is 1. The van der Waals surface area contributed by atoms with Crippen molar-refractivity contribution in [3.8, 4) is 11.5 Å². The maximum atomic E-state index is 12.9. The smallest absolute Gasteiger partial charge is 0.224 e. The van der Waals surface area contributed by atoms with Crippen LogP contribution in [-0.4, -0.2) is 19.1 Å². The van der Waals surface area contributed by atoms with E-state index in [1.54, 1.807) is 12.1 Å². The lowest BCUT2D eigenvalue weighted by molar-refractivity contribution is -0.121. The van der Waals surface area contributed by atoms with Gasteiger partial charge in [0.15, 0.2) is 11.5 Å². The summed E-state index contributed by atoms with van der Waals surface area (Å²) >= 11 is 0. The number of carbonyl (C=O) groups is 1. The Hall–Kier alpha value is -2.56. The minimum atomic E-state index is -0.307. The summed E-state index contributed by atoms with van der Waals surface area (Å²) in [6.45, 7) is 2.99. The highest BCUT2D eigenvalue weighted by atomic mass is 19.1. The number of benzene rings is 2. The fourth-order valence-electron chi connectivity index (χ4n) is 2.49. The molecule has 5 heteroatoms. The minimum absolute atomic E-state index is 0.112. The molecule has 4 nitrogen and oxygen atoms in total. The fraction of sp³-hybridized carbons (Fsp3) is 0.278. The molecule has 3 rings (SSSR count). The average molecular weight is 315 g/mol. The fourth-order valence-corrected chi connectivity index (χ4v) is 2.49. The molecule has 1 aliphatic rings. The van der Waals surface area contributed by atoms with Crippen molar-refractivity contribution in [2.75, 3.05) is 13.2 Å². The molecule has 2 aromatic rings. The SMILES string of the molecule is C[C@H](NC(=O)Cc1ccc(F)cc1)c1ccc2c(c1)OCCO2. The minimum Gasteiger partial charge on any atom is -0.486 e. The molecule has 1 heterocycles. The van der Waals surface area contributed by atoms with Crippen molar-refractivity contribution in [2.45, 2.75) is 19.4 Å². The first-order chi connectivity index (χ1) is 11.1. The van der Waals surface area contributed by atoms with Crippen LogP contribution in [0.4, 0.5) is 4.39 Å². The van der Waals surface area contributed by atoms with Crippen molar-refractivity contribution in [3.05, 3.63) is 59.4 Å². The van der Waals surface area contributed by atoms with E-state index in [1.807, 2.05) is 25.1 Å². The summed E-state index contributed by atoms with van der Waals surface area (Å²) in [7, 11) is 0. The van der Waals surface area contributed by atoms with E-state index in [0.717, 1.165) is 16.9 Å². The van der Waals surface area contributed by atoms with Gasteiger partial charge >= 0.3 is 0 Å². The highest BCUT2D eigenvalue weighted by molar-refractivity contribution is 5.79. The Balaban J connectivity index is 1.63. The van der Waals surface area contributed by atoms with Crippen LogP contribution in [0.2, 0.25) is 0 Å². The lowest BCUT2D eigenvalue weighted by atomic mass is 10.1. The molecule has 0 unspecified atom stereocenters. The molecule has 1 aliphatic heterocycles. The van der Waals surface area contributed by atoms with Gasteiger partial charge in [-0.25, -0.2) is 4.39 Å². The molecule has 0 saturated carbocycles. The van der Waals surface area contributed by atoms with E-state index in [0.29, 0.717) is 19.0 Å². The molecule has 0 aliphatic carbocycles. The number of rotatable bonds is 4. The molecule has 0 bridgehead atoms.